The Morgan fingerprint density at radius 3 is 2.50 bits per heavy atom. The lowest BCUT2D eigenvalue weighted by molar-refractivity contribution is 0.477. The number of aromatic nitrogens is 1. The molecular formula is C24H24N2OS. The van der Waals surface area contributed by atoms with Crippen LogP contribution in [0, 0.1) is 6.92 Å². The molecule has 0 unspecified atom stereocenters. The maximum Gasteiger partial charge on any atom is 0.186 e. The summed E-state index contributed by atoms with van der Waals surface area (Å²) in [7, 11) is 0. The molecular weight excluding hydrogens is 364 g/mol. The van der Waals surface area contributed by atoms with Gasteiger partial charge in [0.2, 0.25) is 0 Å². The number of para-hydroxylation sites is 1. The molecule has 4 rings (SSSR count). The second-order valence-corrected chi connectivity index (χ2v) is 8.11. The molecule has 0 atom stereocenters. The van der Waals surface area contributed by atoms with E-state index in [0.29, 0.717) is 5.75 Å². The summed E-state index contributed by atoms with van der Waals surface area (Å²) in [6, 6.07) is 22.6. The summed E-state index contributed by atoms with van der Waals surface area (Å²) in [5.74, 6) is 0.329. The molecule has 0 saturated carbocycles. The number of phenolic OH excluding ortho intramolecular Hbond substituents is 1. The molecule has 1 aromatic heterocycles. The van der Waals surface area contributed by atoms with Crippen molar-refractivity contribution in [2.24, 2.45) is 0 Å². The Labute approximate surface area is 169 Å². The number of thiazole rings is 1. The van der Waals surface area contributed by atoms with Crippen LogP contribution in [0.1, 0.15) is 24.5 Å². The number of fused-ring (bicyclic) bond motifs is 1. The van der Waals surface area contributed by atoms with E-state index in [2.05, 4.69) is 54.3 Å². The molecule has 28 heavy (non-hydrogen) atoms. The number of aryl methyl sites for hydroxylation is 1. The maximum atomic E-state index is 10.2. The third kappa shape index (κ3) is 3.87. The smallest absolute Gasteiger partial charge is 0.186 e. The number of benzene rings is 3. The number of rotatable bonds is 6. The van der Waals surface area contributed by atoms with Gasteiger partial charge in [0.25, 0.3) is 0 Å². The summed E-state index contributed by atoms with van der Waals surface area (Å²) in [4.78, 5) is 7.17. The molecule has 0 bridgehead atoms. The predicted octanol–water partition coefficient (Wildman–Crippen LogP) is 6.39. The average Bonchev–Trinajstić information content (AvgIpc) is 3.13. The topological polar surface area (TPSA) is 36.4 Å². The molecule has 0 amide bonds. The molecule has 0 aliphatic rings. The van der Waals surface area contributed by atoms with Gasteiger partial charge in [-0.3, -0.25) is 0 Å². The van der Waals surface area contributed by atoms with Crippen molar-refractivity contribution in [1.29, 1.82) is 0 Å². The highest BCUT2D eigenvalue weighted by Crippen LogP contribution is 2.32. The fourth-order valence-electron chi connectivity index (χ4n) is 3.40. The molecule has 0 aliphatic heterocycles. The second kappa shape index (κ2) is 8.03. The van der Waals surface area contributed by atoms with E-state index in [1.54, 1.807) is 17.4 Å². The van der Waals surface area contributed by atoms with Gasteiger partial charge in [-0.1, -0.05) is 66.8 Å². The molecule has 3 nitrogen and oxygen atoms in total. The van der Waals surface area contributed by atoms with E-state index in [-0.39, 0.29) is 0 Å². The largest absolute Gasteiger partial charge is 0.507 e. The number of phenols is 1. The Bertz CT molecular complexity index is 1050. The molecule has 142 valence electrons. The van der Waals surface area contributed by atoms with Crippen molar-refractivity contribution in [2.75, 3.05) is 11.4 Å². The van der Waals surface area contributed by atoms with E-state index in [4.69, 9.17) is 4.98 Å². The quantitative estimate of drug-likeness (QED) is 0.415. The van der Waals surface area contributed by atoms with Gasteiger partial charge in [-0.25, -0.2) is 4.98 Å². The minimum Gasteiger partial charge on any atom is -0.507 e. The highest BCUT2D eigenvalue weighted by molar-refractivity contribution is 7.22. The molecule has 3 aromatic carbocycles. The van der Waals surface area contributed by atoms with Gasteiger partial charge in [-0.05, 0) is 48.2 Å². The van der Waals surface area contributed by atoms with Crippen molar-refractivity contribution in [3.63, 3.8) is 0 Å². The van der Waals surface area contributed by atoms with Gasteiger partial charge in [0, 0.05) is 18.7 Å². The van der Waals surface area contributed by atoms with Gasteiger partial charge in [-0.15, -0.1) is 0 Å². The third-order valence-electron chi connectivity index (χ3n) is 4.84. The Morgan fingerprint density at radius 1 is 1.00 bits per heavy atom. The number of aromatic hydroxyl groups is 1. The zero-order valence-corrected chi connectivity index (χ0v) is 17.0. The number of hydrogen-bond donors (Lipinski definition) is 1. The van der Waals surface area contributed by atoms with Crippen molar-refractivity contribution in [3.8, 4) is 16.9 Å². The zero-order chi connectivity index (χ0) is 19.5. The second-order valence-electron chi connectivity index (χ2n) is 7.10. The van der Waals surface area contributed by atoms with E-state index in [1.807, 2.05) is 25.1 Å². The molecule has 4 aromatic rings. The first kappa shape index (κ1) is 18.5. The summed E-state index contributed by atoms with van der Waals surface area (Å²) in [5.41, 5.74) is 5.26. The first-order valence-corrected chi connectivity index (χ1v) is 10.4. The molecule has 1 N–H and O–H groups in total. The normalized spacial score (nSPS) is 11.1. The predicted molar refractivity (Wildman–Crippen MR) is 119 cm³/mol. The van der Waals surface area contributed by atoms with Crippen molar-refractivity contribution in [3.05, 3.63) is 77.9 Å². The highest BCUT2D eigenvalue weighted by Gasteiger charge is 2.12. The molecule has 0 saturated heterocycles. The van der Waals surface area contributed by atoms with E-state index >= 15 is 0 Å². The van der Waals surface area contributed by atoms with Gasteiger partial charge in [-0.2, -0.15) is 0 Å². The van der Waals surface area contributed by atoms with Crippen LogP contribution in [0.2, 0.25) is 0 Å². The van der Waals surface area contributed by atoms with Gasteiger partial charge in [0.15, 0.2) is 5.13 Å². The SMILES string of the molecule is CCCN(Cc1ccc(-c2ccc(C)cc2O)cc1)c1nc2ccccc2s1. The van der Waals surface area contributed by atoms with E-state index in [1.165, 1.54) is 10.3 Å². The van der Waals surface area contributed by atoms with Gasteiger partial charge >= 0.3 is 0 Å². The fraction of sp³-hybridized carbons (Fsp3) is 0.208. The van der Waals surface area contributed by atoms with Crippen LogP contribution in [0.15, 0.2) is 66.7 Å². The van der Waals surface area contributed by atoms with Crippen LogP contribution in [-0.4, -0.2) is 16.6 Å². The minimum atomic E-state index is 0.329. The van der Waals surface area contributed by atoms with Gasteiger partial charge in [0.1, 0.15) is 5.75 Å². The number of anilines is 1. The van der Waals surface area contributed by atoms with Crippen LogP contribution in [0.4, 0.5) is 5.13 Å². The Hall–Kier alpha value is -2.85. The van der Waals surface area contributed by atoms with E-state index in [0.717, 1.165) is 46.8 Å². The summed E-state index contributed by atoms with van der Waals surface area (Å²) >= 11 is 1.75. The lowest BCUT2D eigenvalue weighted by Crippen LogP contribution is -2.23. The van der Waals surface area contributed by atoms with Crippen molar-refractivity contribution < 1.29 is 5.11 Å². The monoisotopic (exact) mass is 388 g/mol. The van der Waals surface area contributed by atoms with Gasteiger partial charge < -0.3 is 10.0 Å². The summed E-state index contributed by atoms with van der Waals surface area (Å²) < 4.78 is 1.23. The summed E-state index contributed by atoms with van der Waals surface area (Å²) in [6.45, 7) is 5.98. The molecule has 4 heteroatoms. The first-order chi connectivity index (χ1) is 13.6. The lowest BCUT2D eigenvalue weighted by atomic mass is 10.0. The molecule has 0 fully saturated rings. The van der Waals surface area contributed by atoms with Crippen LogP contribution < -0.4 is 4.90 Å². The third-order valence-corrected chi connectivity index (χ3v) is 5.94. The lowest BCUT2D eigenvalue weighted by Gasteiger charge is -2.21. The minimum absolute atomic E-state index is 0.329. The Balaban J connectivity index is 1.57. The average molecular weight is 389 g/mol. The van der Waals surface area contributed by atoms with Crippen LogP contribution in [0.3, 0.4) is 0 Å². The number of hydrogen-bond acceptors (Lipinski definition) is 4. The summed E-state index contributed by atoms with van der Waals surface area (Å²) in [5, 5.41) is 11.3. The van der Waals surface area contributed by atoms with Crippen molar-refractivity contribution in [1.82, 2.24) is 4.98 Å². The standard InChI is InChI=1S/C24H24N2OS/c1-3-14-26(24-25-21-6-4-5-7-23(21)28-24)16-18-9-11-19(12-10-18)20-13-8-17(2)15-22(20)27/h4-13,15,27H,3,14,16H2,1-2H3. The Morgan fingerprint density at radius 2 is 1.79 bits per heavy atom. The maximum absolute atomic E-state index is 10.2. The highest BCUT2D eigenvalue weighted by atomic mass is 32.1. The van der Waals surface area contributed by atoms with Crippen molar-refractivity contribution in [2.45, 2.75) is 26.8 Å². The molecule has 1 heterocycles. The summed E-state index contributed by atoms with van der Waals surface area (Å²) in [6.07, 6.45) is 1.07. The Kier molecular flexibility index (Phi) is 5.31. The molecule has 0 spiro atoms. The zero-order valence-electron chi connectivity index (χ0n) is 16.2. The van der Waals surface area contributed by atoms with Crippen LogP contribution in [0.5, 0.6) is 5.75 Å². The molecule has 0 aliphatic carbocycles. The first-order valence-electron chi connectivity index (χ1n) is 9.63. The van der Waals surface area contributed by atoms with Crippen LogP contribution in [-0.2, 0) is 6.54 Å². The van der Waals surface area contributed by atoms with Gasteiger partial charge in [0.05, 0.1) is 10.2 Å². The fourth-order valence-corrected chi connectivity index (χ4v) is 4.39. The van der Waals surface area contributed by atoms with Crippen LogP contribution >= 0.6 is 11.3 Å². The van der Waals surface area contributed by atoms with E-state index < -0.39 is 0 Å². The van der Waals surface area contributed by atoms with Crippen LogP contribution in [0.25, 0.3) is 21.3 Å². The molecule has 0 radical (unpaired) electrons. The van der Waals surface area contributed by atoms with E-state index in [9.17, 15) is 5.11 Å². The van der Waals surface area contributed by atoms with Crippen molar-refractivity contribution >= 4 is 26.7 Å². The number of nitrogens with zero attached hydrogens (tertiary/aromatic N) is 2.